The van der Waals surface area contributed by atoms with E-state index in [-0.39, 0.29) is 5.97 Å². The summed E-state index contributed by atoms with van der Waals surface area (Å²) in [5.74, 6) is -0.359. The Morgan fingerprint density at radius 3 is 2.92 bits per heavy atom. The molecule has 0 spiro atoms. The molecule has 0 aliphatic heterocycles. The largest absolute Gasteiger partial charge is 0.461 e. The fraction of sp³-hybridized carbons (Fsp3) is 0.429. The molecule has 1 rings (SSSR count). The summed E-state index contributed by atoms with van der Waals surface area (Å²) < 4.78 is 7.21. The van der Waals surface area contributed by atoms with E-state index < -0.39 is 0 Å². The van der Waals surface area contributed by atoms with Gasteiger partial charge in [-0.3, -0.25) is 4.68 Å². The zero-order chi connectivity index (χ0) is 9.14. The second kappa shape index (κ2) is 3.88. The van der Waals surface area contributed by atoms with Crippen LogP contribution < -0.4 is 0 Å². The first kappa shape index (κ1) is 9.50. The van der Waals surface area contributed by atoms with Gasteiger partial charge >= 0.3 is 5.97 Å². The van der Waals surface area contributed by atoms with Crippen molar-refractivity contribution in [2.45, 2.75) is 6.92 Å². The van der Waals surface area contributed by atoms with Gasteiger partial charge in [0.2, 0.25) is 0 Å². The molecule has 0 radical (unpaired) electrons. The molecule has 0 unspecified atom stereocenters. The van der Waals surface area contributed by atoms with Crippen LogP contribution in [0.3, 0.4) is 0 Å². The summed E-state index contributed by atoms with van der Waals surface area (Å²) in [4.78, 5) is 11.2. The number of hydrogen-bond donors (Lipinski definition) is 0. The highest BCUT2D eigenvalue weighted by molar-refractivity contribution is 14.1. The molecule has 4 nitrogen and oxygen atoms in total. The van der Waals surface area contributed by atoms with Crippen molar-refractivity contribution in [1.82, 2.24) is 9.78 Å². The molecular formula is C7H9IN2O2. The third-order valence-corrected chi connectivity index (χ3v) is 2.04. The van der Waals surface area contributed by atoms with Gasteiger partial charge in [-0.1, -0.05) is 0 Å². The second-order valence-electron chi connectivity index (χ2n) is 2.22. The van der Waals surface area contributed by atoms with E-state index in [9.17, 15) is 4.79 Å². The van der Waals surface area contributed by atoms with E-state index in [0.29, 0.717) is 12.3 Å². The zero-order valence-electron chi connectivity index (χ0n) is 6.87. The highest BCUT2D eigenvalue weighted by atomic mass is 127. The number of ether oxygens (including phenoxy) is 1. The van der Waals surface area contributed by atoms with Crippen molar-refractivity contribution in [3.8, 4) is 0 Å². The number of esters is 1. The van der Waals surface area contributed by atoms with Gasteiger partial charge in [0.05, 0.1) is 10.2 Å². The number of rotatable bonds is 2. The number of halogens is 1. The van der Waals surface area contributed by atoms with E-state index in [2.05, 4.69) is 27.7 Å². The molecule has 0 atom stereocenters. The van der Waals surface area contributed by atoms with E-state index >= 15 is 0 Å². The predicted molar refractivity (Wildman–Crippen MR) is 51.9 cm³/mol. The lowest BCUT2D eigenvalue weighted by molar-refractivity contribution is 0.0517. The number of carbonyl (C=O) groups excluding carboxylic acids is 1. The molecule has 0 bridgehead atoms. The topological polar surface area (TPSA) is 44.1 Å². The Bertz CT molecular complexity index is 296. The Balaban J connectivity index is 2.87. The minimum absolute atomic E-state index is 0.359. The smallest absolute Gasteiger partial charge is 0.359 e. The van der Waals surface area contributed by atoms with Crippen LogP contribution in [0, 0.1) is 3.57 Å². The lowest BCUT2D eigenvalue weighted by atomic mass is 10.4. The summed E-state index contributed by atoms with van der Waals surface area (Å²) in [7, 11) is 1.77. The van der Waals surface area contributed by atoms with Crippen molar-refractivity contribution in [3.63, 3.8) is 0 Å². The molecule has 1 aromatic rings. The number of aryl methyl sites for hydroxylation is 1. The molecule has 66 valence electrons. The first-order valence-corrected chi connectivity index (χ1v) is 4.59. The Labute approximate surface area is 84.0 Å². The molecular weight excluding hydrogens is 271 g/mol. The summed E-state index contributed by atoms with van der Waals surface area (Å²) in [6, 6.07) is 0. The molecule has 12 heavy (non-hydrogen) atoms. The fourth-order valence-corrected chi connectivity index (χ4v) is 1.53. The predicted octanol–water partition coefficient (Wildman–Crippen LogP) is 1.20. The van der Waals surface area contributed by atoms with Crippen LogP contribution in [0.15, 0.2) is 6.20 Å². The standard InChI is InChI=1S/C7H9IN2O2/c1-3-12-7(11)6-5(8)4-10(2)9-6/h4H,3H2,1-2H3. The van der Waals surface area contributed by atoms with Gasteiger partial charge in [-0.05, 0) is 29.5 Å². The van der Waals surface area contributed by atoms with Crippen LogP contribution in [0.5, 0.6) is 0 Å². The van der Waals surface area contributed by atoms with Crippen LogP contribution in [0.2, 0.25) is 0 Å². The molecule has 0 amide bonds. The maximum atomic E-state index is 11.2. The monoisotopic (exact) mass is 280 g/mol. The fourth-order valence-electron chi connectivity index (χ4n) is 0.797. The molecule has 0 aliphatic carbocycles. The van der Waals surface area contributed by atoms with Gasteiger partial charge in [-0.15, -0.1) is 0 Å². The minimum atomic E-state index is -0.359. The van der Waals surface area contributed by atoms with E-state index in [0.717, 1.165) is 3.57 Å². The van der Waals surface area contributed by atoms with Gasteiger partial charge in [0, 0.05) is 13.2 Å². The molecule has 0 saturated heterocycles. The molecule has 0 aliphatic rings. The molecule has 0 N–H and O–H groups in total. The molecule has 0 fully saturated rings. The van der Waals surface area contributed by atoms with Crippen molar-refractivity contribution in [2.75, 3.05) is 6.61 Å². The molecule has 1 aromatic heterocycles. The highest BCUT2D eigenvalue weighted by Crippen LogP contribution is 2.10. The van der Waals surface area contributed by atoms with Gasteiger partial charge in [-0.25, -0.2) is 4.79 Å². The summed E-state index contributed by atoms with van der Waals surface area (Å²) in [6.45, 7) is 2.15. The third-order valence-electron chi connectivity index (χ3n) is 1.25. The molecule has 1 heterocycles. The lowest BCUT2D eigenvalue weighted by Gasteiger charge is -1.96. The first-order valence-electron chi connectivity index (χ1n) is 3.51. The summed E-state index contributed by atoms with van der Waals surface area (Å²) >= 11 is 2.05. The van der Waals surface area contributed by atoms with E-state index in [1.54, 1.807) is 24.9 Å². The molecule has 0 saturated carbocycles. The average Bonchev–Trinajstić information content (AvgIpc) is 2.30. The van der Waals surface area contributed by atoms with Crippen LogP contribution in [0.4, 0.5) is 0 Å². The van der Waals surface area contributed by atoms with Crippen molar-refractivity contribution < 1.29 is 9.53 Å². The summed E-state index contributed by atoms with van der Waals surface area (Å²) in [6.07, 6.45) is 1.77. The Hall–Kier alpha value is -0.590. The lowest BCUT2D eigenvalue weighted by Crippen LogP contribution is -2.07. The minimum Gasteiger partial charge on any atom is -0.461 e. The van der Waals surface area contributed by atoms with Crippen molar-refractivity contribution >= 4 is 28.6 Å². The van der Waals surface area contributed by atoms with Crippen LogP contribution in [-0.2, 0) is 11.8 Å². The number of hydrogen-bond acceptors (Lipinski definition) is 3. The zero-order valence-corrected chi connectivity index (χ0v) is 9.03. The normalized spacial score (nSPS) is 9.92. The summed E-state index contributed by atoms with van der Waals surface area (Å²) in [5.41, 5.74) is 0.389. The maximum absolute atomic E-state index is 11.2. The van der Waals surface area contributed by atoms with Gasteiger partial charge < -0.3 is 4.74 Å². The summed E-state index contributed by atoms with van der Waals surface area (Å²) in [5, 5.41) is 3.96. The SMILES string of the molecule is CCOC(=O)c1nn(C)cc1I. The molecule has 0 aromatic carbocycles. The quantitative estimate of drug-likeness (QED) is 0.604. The Morgan fingerprint density at radius 2 is 2.50 bits per heavy atom. The Morgan fingerprint density at radius 1 is 1.83 bits per heavy atom. The van der Waals surface area contributed by atoms with Crippen LogP contribution in [0.25, 0.3) is 0 Å². The van der Waals surface area contributed by atoms with Crippen LogP contribution >= 0.6 is 22.6 Å². The van der Waals surface area contributed by atoms with Gasteiger partial charge in [0.1, 0.15) is 0 Å². The van der Waals surface area contributed by atoms with Crippen molar-refractivity contribution in [1.29, 1.82) is 0 Å². The third kappa shape index (κ3) is 1.96. The van der Waals surface area contributed by atoms with Crippen molar-refractivity contribution in [2.24, 2.45) is 7.05 Å². The first-order chi connectivity index (χ1) is 5.65. The maximum Gasteiger partial charge on any atom is 0.359 e. The second-order valence-corrected chi connectivity index (χ2v) is 3.38. The number of nitrogens with zero attached hydrogens (tertiary/aromatic N) is 2. The van der Waals surface area contributed by atoms with Crippen LogP contribution in [0.1, 0.15) is 17.4 Å². The number of carbonyl (C=O) groups is 1. The van der Waals surface area contributed by atoms with Gasteiger partial charge in [-0.2, -0.15) is 5.10 Å². The van der Waals surface area contributed by atoms with Crippen molar-refractivity contribution in [3.05, 3.63) is 15.5 Å². The van der Waals surface area contributed by atoms with E-state index in [4.69, 9.17) is 4.74 Å². The number of aromatic nitrogens is 2. The van der Waals surface area contributed by atoms with E-state index in [1.807, 2.05) is 0 Å². The Kier molecular flexibility index (Phi) is 3.07. The van der Waals surface area contributed by atoms with Crippen LogP contribution in [-0.4, -0.2) is 22.4 Å². The molecule has 5 heteroatoms. The van der Waals surface area contributed by atoms with E-state index in [1.165, 1.54) is 0 Å². The average molecular weight is 280 g/mol. The highest BCUT2D eigenvalue weighted by Gasteiger charge is 2.14. The van der Waals surface area contributed by atoms with Gasteiger partial charge in [0.25, 0.3) is 0 Å². The van der Waals surface area contributed by atoms with Gasteiger partial charge in [0.15, 0.2) is 5.69 Å².